The summed E-state index contributed by atoms with van der Waals surface area (Å²) in [6.45, 7) is 3.04. The highest BCUT2D eigenvalue weighted by Gasteiger charge is 2.40. The second kappa shape index (κ2) is 6.56. The van der Waals surface area contributed by atoms with Crippen LogP contribution in [0.25, 0.3) is 0 Å². The van der Waals surface area contributed by atoms with E-state index in [0.29, 0.717) is 18.1 Å². The first-order chi connectivity index (χ1) is 9.93. The number of benzene rings is 1. The number of likely N-dealkylation sites (tertiary alicyclic amines) is 1. The van der Waals surface area contributed by atoms with E-state index >= 15 is 0 Å². The van der Waals surface area contributed by atoms with Gasteiger partial charge in [-0.25, -0.2) is 0 Å². The molecule has 114 valence electrons. The van der Waals surface area contributed by atoms with Crippen molar-refractivity contribution >= 4 is 23.4 Å². The zero-order chi connectivity index (χ0) is 15.5. The number of hydrogen-bond acceptors (Lipinski definition) is 4. The molecule has 5 nitrogen and oxygen atoms in total. The number of nitrogens with one attached hydrogen (secondary N) is 1. The maximum Gasteiger partial charge on any atom is 0.259 e. The molecule has 1 aromatic rings. The lowest BCUT2D eigenvalue weighted by molar-refractivity contribution is -0.132. The predicted molar refractivity (Wildman–Crippen MR) is 80.2 cm³/mol. The van der Waals surface area contributed by atoms with Crippen LogP contribution in [0.15, 0.2) is 24.3 Å². The topological polar surface area (TPSA) is 69.6 Å². The van der Waals surface area contributed by atoms with Crippen LogP contribution in [-0.4, -0.2) is 47.1 Å². The Hall–Kier alpha value is -1.43. The molecular formula is C15H19ClN2O3. The van der Waals surface area contributed by atoms with Gasteiger partial charge in [0, 0.05) is 13.1 Å². The Bertz CT molecular complexity index is 541. The first-order valence-electron chi connectivity index (χ1n) is 6.97. The molecule has 0 bridgehead atoms. The maximum atomic E-state index is 11.9. The molecule has 6 heteroatoms. The molecule has 0 unspecified atom stereocenters. The lowest BCUT2D eigenvalue weighted by Crippen LogP contribution is -2.63. The Balaban J connectivity index is 1.81. The number of imide groups is 1. The van der Waals surface area contributed by atoms with Gasteiger partial charge in [0.25, 0.3) is 5.91 Å². The summed E-state index contributed by atoms with van der Waals surface area (Å²) in [6.07, 6.45) is 1.63. The lowest BCUT2D eigenvalue weighted by Gasteiger charge is -2.46. The van der Waals surface area contributed by atoms with Gasteiger partial charge in [0.1, 0.15) is 0 Å². The van der Waals surface area contributed by atoms with E-state index < -0.39 is 17.4 Å². The van der Waals surface area contributed by atoms with Gasteiger partial charge in [0.05, 0.1) is 22.7 Å². The number of nitrogens with zero attached hydrogens (tertiary/aromatic N) is 1. The number of carbonyl (C=O) groups excluding carboxylic acids is 2. The molecule has 1 aromatic carbocycles. The van der Waals surface area contributed by atoms with Crippen molar-refractivity contribution in [1.82, 2.24) is 10.2 Å². The molecule has 2 rings (SSSR count). The first-order valence-corrected chi connectivity index (χ1v) is 7.35. The van der Waals surface area contributed by atoms with Gasteiger partial charge in [-0.05, 0) is 18.6 Å². The van der Waals surface area contributed by atoms with Crippen LogP contribution in [0.5, 0.6) is 0 Å². The van der Waals surface area contributed by atoms with Crippen molar-refractivity contribution in [2.24, 2.45) is 0 Å². The Labute approximate surface area is 128 Å². The average Bonchev–Trinajstić information content (AvgIpc) is 2.37. The van der Waals surface area contributed by atoms with Crippen LogP contribution in [0, 0.1) is 0 Å². The van der Waals surface area contributed by atoms with E-state index in [9.17, 15) is 14.7 Å². The molecule has 21 heavy (non-hydrogen) atoms. The fourth-order valence-corrected chi connectivity index (χ4v) is 2.82. The van der Waals surface area contributed by atoms with Crippen molar-refractivity contribution in [3.05, 3.63) is 34.9 Å². The Morgan fingerprint density at radius 3 is 2.67 bits per heavy atom. The molecule has 0 saturated carbocycles. The molecule has 0 aromatic heterocycles. The van der Waals surface area contributed by atoms with Crippen molar-refractivity contribution in [2.75, 3.05) is 19.6 Å². The van der Waals surface area contributed by atoms with Crippen molar-refractivity contribution in [3.63, 3.8) is 0 Å². The summed E-state index contributed by atoms with van der Waals surface area (Å²) in [6, 6.07) is 6.57. The molecule has 0 aliphatic carbocycles. The molecule has 1 fully saturated rings. The maximum absolute atomic E-state index is 11.9. The van der Waals surface area contributed by atoms with E-state index in [1.54, 1.807) is 24.3 Å². The normalized spacial score (nSPS) is 17.1. The number of aliphatic hydroxyl groups is 1. The van der Waals surface area contributed by atoms with Gasteiger partial charge in [0.15, 0.2) is 0 Å². The fraction of sp³-hybridized carbons (Fsp3) is 0.467. The van der Waals surface area contributed by atoms with Crippen LogP contribution in [0.2, 0.25) is 5.02 Å². The summed E-state index contributed by atoms with van der Waals surface area (Å²) in [5.41, 5.74) is -0.402. The molecule has 1 saturated heterocycles. The fourth-order valence-electron chi connectivity index (χ4n) is 2.60. The van der Waals surface area contributed by atoms with E-state index in [1.165, 1.54) is 0 Å². The van der Waals surface area contributed by atoms with Crippen LogP contribution in [0.3, 0.4) is 0 Å². The highest BCUT2D eigenvalue weighted by Crippen LogP contribution is 2.25. The van der Waals surface area contributed by atoms with Gasteiger partial charge in [-0.15, -0.1) is 0 Å². The van der Waals surface area contributed by atoms with Crippen molar-refractivity contribution in [3.8, 4) is 0 Å². The molecule has 1 heterocycles. The van der Waals surface area contributed by atoms with Gasteiger partial charge in [0.2, 0.25) is 5.91 Å². The number of rotatable bonds is 5. The standard InChI is InChI=1S/C15H19ClN2O3/c1-2-7-15(21)9-18(10-15)8-13(19)17-14(20)11-5-3-4-6-12(11)16/h3-6,21H,2,7-10H2,1H3,(H,17,19,20). The SMILES string of the molecule is CCCC1(O)CN(CC(=O)NC(=O)c2ccccc2Cl)C1. The van der Waals surface area contributed by atoms with Crippen LogP contribution in [0.4, 0.5) is 0 Å². The highest BCUT2D eigenvalue weighted by molar-refractivity contribution is 6.34. The molecule has 0 atom stereocenters. The molecule has 2 amide bonds. The second-order valence-electron chi connectivity index (χ2n) is 5.48. The van der Waals surface area contributed by atoms with E-state index in [1.807, 2.05) is 11.8 Å². The smallest absolute Gasteiger partial charge is 0.259 e. The van der Waals surface area contributed by atoms with Crippen LogP contribution in [-0.2, 0) is 4.79 Å². The number of amides is 2. The van der Waals surface area contributed by atoms with Crippen molar-refractivity contribution < 1.29 is 14.7 Å². The molecule has 0 radical (unpaired) electrons. The summed E-state index contributed by atoms with van der Waals surface area (Å²) < 4.78 is 0. The number of carbonyl (C=O) groups is 2. The van der Waals surface area contributed by atoms with Crippen molar-refractivity contribution in [2.45, 2.75) is 25.4 Å². The first kappa shape index (κ1) is 15.9. The van der Waals surface area contributed by atoms with Crippen LogP contribution >= 0.6 is 11.6 Å². The summed E-state index contributed by atoms with van der Waals surface area (Å²) in [5.74, 6) is -0.895. The molecule has 1 aliphatic heterocycles. The minimum Gasteiger partial charge on any atom is -0.387 e. The molecule has 1 aliphatic rings. The van der Waals surface area contributed by atoms with Crippen LogP contribution in [0.1, 0.15) is 30.1 Å². The highest BCUT2D eigenvalue weighted by atomic mass is 35.5. The summed E-state index contributed by atoms with van der Waals surface area (Å²) >= 11 is 5.90. The number of halogens is 1. The molecule has 0 spiro atoms. The summed E-state index contributed by atoms with van der Waals surface area (Å²) in [7, 11) is 0. The molecular weight excluding hydrogens is 292 g/mol. The van der Waals surface area contributed by atoms with Gasteiger partial charge >= 0.3 is 0 Å². The minimum absolute atomic E-state index is 0.0994. The largest absolute Gasteiger partial charge is 0.387 e. The Morgan fingerprint density at radius 2 is 2.05 bits per heavy atom. The quantitative estimate of drug-likeness (QED) is 0.863. The Morgan fingerprint density at radius 1 is 1.38 bits per heavy atom. The van der Waals surface area contributed by atoms with E-state index in [0.717, 1.165) is 12.8 Å². The number of β-amino-alcohol motifs (C(OH)–C–C–N with tert-alkyl or cyclic N) is 1. The van der Waals surface area contributed by atoms with Crippen molar-refractivity contribution in [1.29, 1.82) is 0 Å². The summed E-state index contributed by atoms with van der Waals surface area (Å²) in [4.78, 5) is 25.5. The zero-order valence-electron chi connectivity index (χ0n) is 11.9. The van der Waals surface area contributed by atoms with E-state index in [-0.39, 0.29) is 12.1 Å². The minimum atomic E-state index is -0.679. The van der Waals surface area contributed by atoms with Gasteiger partial charge < -0.3 is 5.11 Å². The van der Waals surface area contributed by atoms with Gasteiger partial charge in [-0.3, -0.25) is 19.8 Å². The average molecular weight is 311 g/mol. The Kier molecular flexibility index (Phi) is 4.98. The third kappa shape index (κ3) is 4.03. The van der Waals surface area contributed by atoms with Gasteiger partial charge in [-0.1, -0.05) is 37.1 Å². The monoisotopic (exact) mass is 310 g/mol. The van der Waals surface area contributed by atoms with E-state index in [2.05, 4.69) is 5.32 Å². The number of hydrogen-bond donors (Lipinski definition) is 2. The third-order valence-corrected chi connectivity index (χ3v) is 3.82. The summed E-state index contributed by atoms with van der Waals surface area (Å²) in [5, 5.41) is 12.7. The zero-order valence-corrected chi connectivity index (χ0v) is 12.7. The lowest BCUT2D eigenvalue weighted by atomic mass is 9.89. The predicted octanol–water partition coefficient (Wildman–Crippen LogP) is 1.44. The van der Waals surface area contributed by atoms with E-state index in [4.69, 9.17) is 11.6 Å². The third-order valence-electron chi connectivity index (χ3n) is 3.49. The van der Waals surface area contributed by atoms with Gasteiger partial charge in [-0.2, -0.15) is 0 Å². The molecule has 2 N–H and O–H groups in total. The second-order valence-corrected chi connectivity index (χ2v) is 5.88. The van der Waals surface area contributed by atoms with Crippen LogP contribution < -0.4 is 5.32 Å².